The first-order valence-corrected chi connectivity index (χ1v) is 3.61. The maximum atomic E-state index is 9.31. The van der Waals surface area contributed by atoms with E-state index in [1.807, 2.05) is 0 Å². The highest BCUT2D eigenvalue weighted by Crippen LogP contribution is 1.35. The molecule has 0 aromatic heterocycles. The summed E-state index contributed by atoms with van der Waals surface area (Å²) in [5, 5.41) is 0. The van der Waals surface area contributed by atoms with E-state index in [-0.39, 0.29) is 0 Å². The fourth-order valence-corrected chi connectivity index (χ4v) is 0. The van der Waals surface area contributed by atoms with Gasteiger partial charge in [0.15, 0.2) is 0 Å². The molecule has 0 unspecified atom stereocenters. The molecule has 0 aliphatic rings. The van der Waals surface area contributed by atoms with Gasteiger partial charge in [0.1, 0.15) is 0 Å². The lowest BCUT2D eigenvalue weighted by Crippen LogP contribution is -1.51. The van der Waals surface area contributed by atoms with Gasteiger partial charge in [0.25, 0.3) is 0 Å². The predicted molar refractivity (Wildman–Crippen MR) is 19.8 cm³/mol. The van der Waals surface area contributed by atoms with Crippen molar-refractivity contribution in [3.63, 3.8) is 0 Å². The van der Waals surface area contributed by atoms with Gasteiger partial charge < -0.3 is 0 Å². The molecule has 0 atom stereocenters. The standard InChI is InChI=1S/HNO3S2/c1-5(2)6(3)4/h1H. The Hall–Kier alpha value is -0.360. The summed E-state index contributed by atoms with van der Waals surface area (Å²) in [6, 6.07) is 0. The third-order valence-corrected chi connectivity index (χ3v) is 1.11. The second kappa shape index (κ2) is 1.93. The van der Waals surface area contributed by atoms with E-state index in [1.54, 1.807) is 0 Å². The summed E-state index contributed by atoms with van der Waals surface area (Å²) in [7, 11) is -5.18. The van der Waals surface area contributed by atoms with E-state index < -0.39 is 18.4 Å². The van der Waals surface area contributed by atoms with Crippen LogP contribution in [-0.4, -0.2) is 12.6 Å². The molecule has 0 aromatic carbocycles. The topological polar surface area (TPSA) is 75.1 Å². The Morgan fingerprint density at radius 1 is 1.17 bits per heavy atom. The van der Waals surface area contributed by atoms with Gasteiger partial charge in [0.05, 0.1) is 0 Å². The lowest BCUT2D eigenvalue weighted by Gasteiger charge is -1.32. The van der Waals surface area contributed by atoms with Crippen LogP contribution in [0.1, 0.15) is 0 Å². The molecule has 0 aliphatic carbocycles. The van der Waals surface area contributed by atoms with Gasteiger partial charge in [-0.1, -0.05) is 0 Å². The van der Waals surface area contributed by atoms with Gasteiger partial charge in [-0.2, -0.15) is 12.6 Å². The summed E-state index contributed by atoms with van der Waals surface area (Å²) in [5.41, 5.74) is 0. The molecule has 6 heavy (non-hydrogen) atoms. The Labute approximate surface area is 36.6 Å². The Kier molecular flexibility index (Phi) is 1.82. The summed E-state index contributed by atoms with van der Waals surface area (Å²) >= 11 is 0. The van der Waals surface area contributed by atoms with Crippen LogP contribution in [0.25, 0.3) is 0 Å². The van der Waals surface area contributed by atoms with Crippen molar-refractivity contribution in [2.24, 2.45) is 0 Å². The lowest BCUT2D eigenvalue weighted by molar-refractivity contribution is 0.626. The molecular weight excluding hydrogens is 126 g/mol. The summed E-state index contributed by atoms with van der Waals surface area (Å²) < 4.78 is 33.6. The second-order valence-electron chi connectivity index (χ2n) is 0.439. The highest BCUT2D eigenvalue weighted by molar-refractivity contribution is 8.21. The van der Waals surface area contributed by atoms with Crippen LogP contribution in [0, 0.1) is 4.78 Å². The minimum atomic E-state index is -2.73. The first kappa shape index (κ1) is 5.64. The van der Waals surface area contributed by atoms with Crippen LogP contribution >= 0.6 is 0 Å². The van der Waals surface area contributed by atoms with Crippen LogP contribution < -0.4 is 0 Å². The largest absolute Gasteiger partial charge is 0.316 e. The molecule has 0 heterocycles. The summed E-state index contributed by atoms with van der Waals surface area (Å²) in [6.07, 6.45) is 0. The van der Waals surface area contributed by atoms with Crippen molar-refractivity contribution in [2.45, 2.75) is 0 Å². The lowest BCUT2D eigenvalue weighted by atomic mass is 14.0. The zero-order valence-corrected chi connectivity index (χ0v) is 4.17. The average Bonchev–Trinajstić information content (AvgIpc) is 1.36. The van der Waals surface area contributed by atoms with Gasteiger partial charge in [0, 0.05) is 0 Å². The first-order valence-electron chi connectivity index (χ1n) is 0.871. The number of rotatable bonds is 0. The molecule has 4 nitrogen and oxygen atoms in total. The van der Waals surface area contributed by atoms with Crippen LogP contribution in [0.15, 0.2) is 0 Å². The van der Waals surface area contributed by atoms with Gasteiger partial charge in [0.2, 0.25) is 9.16 Å². The van der Waals surface area contributed by atoms with Crippen LogP contribution in [0.3, 0.4) is 0 Å². The van der Waals surface area contributed by atoms with Gasteiger partial charge in [-0.3, -0.25) is 0 Å². The van der Waals surface area contributed by atoms with Gasteiger partial charge in [-0.15, -0.1) is 0 Å². The third kappa shape index (κ3) is 1.91. The maximum absolute atomic E-state index is 9.31. The number of nitrogens with one attached hydrogen (secondary N) is 1. The molecule has 0 rings (SSSR count). The van der Waals surface area contributed by atoms with Gasteiger partial charge in [-0.25, -0.2) is 4.78 Å². The SMILES string of the molecule is N=S(=O)=S(=O)=O. The molecular formula is HNO3S2. The first-order chi connectivity index (χ1) is 2.64. The van der Waals surface area contributed by atoms with Crippen LogP contribution in [0.2, 0.25) is 0 Å². The fraction of sp³-hybridized carbons (Fsp3) is 0. The maximum Gasteiger partial charge on any atom is 0.316 e. The van der Waals surface area contributed by atoms with Crippen LogP contribution in [0.4, 0.5) is 0 Å². The van der Waals surface area contributed by atoms with Crippen molar-refractivity contribution < 1.29 is 12.6 Å². The summed E-state index contributed by atoms with van der Waals surface area (Å²) in [5.74, 6) is 0. The Balaban J connectivity index is 5.99. The zero-order valence-electron chi connectivity index (χ0n) is 2.54. The molecule has 0 spiro atoms. The molecule has 0 radical (unpaired) electrons. The Morgan fingerprint density at radius 3 is 1.33 bits per heavy atom. The molecule has 0 saturated heterocycles. The number of hydrogen-bond donors (Lipinski definition) is 1. The molecule has 1 N–H and O–H groups in total. The van der Waals surface area contributed by atoms with E-state index in [2.05, 4.69) is 0 Å². The van der Waals surface area contributed by atoms with Crippen molar-refractivity contribution in [1.82, 2.24) is 0 Å². The average molecular weight is 127 g/mol. The van der Waals surface area contributed by atoms with Crippen molar-refractivity contribution in [3.05, 3.63) is 0 Å². The molecule has 0 aromatic rings. The monoisotopic (exact) mass is 127 g/mol. The fourth-order valence-electron chi connectivity index (χ4n) is 0. The summed E-state index contributed by atoms with van der Waals surface area (Å²) in [6.45, 7) is 0. The minimum Gasteiger partial charge on any atom is -0.209 e. The number of hydrogen-bond acceptors (Lipinski definition) is 4. The molecule has 0 saturated carbocycles. The van der Waals surface area contributed by atoms with Crippen molar-refractivity contribution in [1.29, 1.82) is 4.78 Å². The molecule has 0 amide bonds. The normalized spacial score (nSPS) is 7.33. The smallest absolute Gasteiger partial charge is 0.209 e. The molecule has 6 heteroatoms. The Morgan fingerprint density at radius 2 is 1.33 bits per heavy atom. The van der Waals surface area contributed by atoms with E-state index in [9.17, 15) is 12.6 Å². The van der Waals surface area contributed by atoms with Gasteiger partial charge in [-0.05, 0) is 0 Å². The predicted octanol–water partition coefficient (Wildman–Crippen LogP) is -0.708. The Bertz CT molecular complexity index is 195. The molecule has 36 valence electrons. The van der Waals surface area contributed by atoms with Crippen LogP contribution in [0.5, 0.6) is 0 Å². The van der Waals surface area contributed by atoms with Crippen molar-refractivity contribution in [3.8, 4) is 0 Å². The van der Waals surface area contributed by atoms with E-state index in [0.717, 1.165) is 0 Å². The second-order valence-corrected chi connectivity index (χ2v) is 3.04. The quantitative estimate of drug-likeness (QED) is 0.467. The van der Waals surface area contributed by atoms with E-state index in [4.69, 9.17) is 4.78 Å². The van der Waals surface area contributed by atoms with Gasteiger partial charge >= 0.3 is 9.26 Å². The van der Waals surface area contributed by atoms with Crippen molar-refractivity contribution >= 4 is 18.4 Å². The highest BCUT2D eigenvalue weighted by Gasteiger charge is 1.55. The zero-order chi connectivity index (χ0) is 5.15. The van der Waals surface area contributed by atoms with E-state index in [0.29, 0.717) is 0 Å². The van der Waals surface area contributed by atoms with Crippen LogP contribution in [-0.2, 0) is 18.4 Å². The summed E-state index contributed by atoms with van der Waals surface area (Å²) in [4.78, 5) is 0. The molecule has 0 fully saturated rings. The molecule has 0 aliphatic heterocycles. The highest BCUT2D eigenvalue weighted by atomic mass is 32.8. The van der Waals surface area contributed by atoms with E-state index >= 15 is 0 Å². The van der Waals surface area contributed by atoms with E-state index in [1.165, 1.54) is 0 Å². The third-order valence-electron chi connectivity index (χ3n) is 0.124. The minimum absolute atomic E-state index is 2.45. The molecule has 0 bridgehead atoms. The van der Waals surface area contributed by atoms with Crippen molar-refractivity contribution in [2.75, 3.05) is 0 Å².